The van der Waals surface area contributed by atoms with E-state index in [1.54, 1.807) is 0 Å². The molecule has 0 aromatic rings. The fourth-order valence-corrected chi connectivity index (χ4v) is 1.27. The Morgan fingerprint density at radius 3 is 2.07 bits per heavy atom. The van der Waals surface area contributed by atoms with E-state index >= 15 is 0 Å². The summed E-state index contributed by atoms with van der Waals surface area (Å²) in [5.74, 6) is -3.70. The highest BCUT2D eigenvalue weighted by Gasteiger charge is 2.47. The van der Waals surface area contributed by atoms with Gasteiger partial charge in [0.25, 0.3) is 0 Å². The quantitative estimate of drug-likeness (QED) is 0.681. The molecular weight excluding hydrogens is 215 g/mol. The Morgan fingerprint density at radius 1 is 1.27 bits per heavy atom. The predicted octanol–water partition coefficient (Wildman–Crippen LogP) is 0.838. The van der Waals surface area contributed by atoms with Gasteiger partial charge in [-0.15, -0.1) is 0 Å². The average Bonchev–Trinajstić information content (AvgIpc) is 2.52. The highest BCUT2D eigenvalue weighted by atomic mass is 19.4. The molecule has 4 nitrogen and oxygen atoms in total. The number of carbonyl (C=O) groups excluding carboxylic acids is 1. The number of rotatable bonds is 2. The van der Waals surface area contributed by atoms with Crippen molar-refractivity contribution >= 4 is 11.9 Å². The summed E-state index contributed by atoms with van der Waals surface area (Å²) in [6.45, 7) is 0. The molecule has 0 aliphatic heterocycles. The van der Waals surface area contributed by atoms with Gasteiger partial charge in [0.15, 0.2) is 0 Å². The number of carboxylic acids is 1. The maximum atomic E-state index is 11.9. The molecule has 0 spiro atoms. The van der Waals surface area contributed by atoms with E-state index in [0.717, 1.165) is 0 Å². The zero-order valence-corrected chi connectivity index (χ0v) is 7.47. The summed E-state index contributed by atoms with van der Waals surface area (Å²) in [5, 5.41) is 10.3. The molecular formula is C8H8F3NO3. The van der Waals surface area contributed by atoms with Crippen LogP contribution in [0, 0.1) is 0 Å². The molecule has 0 aromatic carbocycles. The van der Waals surface area contributed by atoms with Gasteiger partial charge in [-0.3, -0.25) is 4.79 Å². The van der Waals surface area contributed by atoms with E-state index in [-0.39, 0.29) is 12.8 Å². The molecule has 0 saturated carbocycles. The third kappa shape index (κ3) is 2.28. The van der Waals surface area contributed by atoms with Gasteiger partial charge in [-0.05, 0) is 12.8 Å². The SMILES string of the molecule is O=C(NC1(C(=O)O)CC=CC1)C(F)(F)F. The largest absolute Gasteiger partial charge is 0.479 e. The van der Waals surface area contributed by atoms with E-state index in [4.69, 9.17) is 5.11 Å². The zero-order chi connectivity index (χ0) is 11.7. The molecule has 1 rings (SSSR count). The fraction of sp³-hybridized carbons (Fsp3) is 0.500. The van der Waals surface area contributed by atoms with E-state index in [1.807, 2.05) is 0 Å². The second kappa shape index (κ2) is 3.56. The highest BCUT2D eigenvalue weighted by Crippen LogP contribution is 2.26. The molecule has 0 saturated heterocycles. The van der Waals surface area contributed by atoms with Gasteiger partial charge in [0.05, 0.1) is 0 Å². The van der Waals surface area contributed by atoms with Crippen LogP contribution in [0.2, 0.25) is 0 Å². The number of hydrogen-bond donors (Lipinski definition) is 2. The molecule has 84 valence electrons. The molecule has 0 atom stereocenters. The van der Waals surface area contributed by atoms with Crippen LogP contribution in [-0.4, -0.2) is 28.7 Å². The number of alkyl halides is 3. The lowest BCUT2D eigenvalue weighted by atomic mass is 9.97. The molecule has 0 radical (unpaired) electrons. The van der Waals surface area contributed by atoms with Crippen LogP contribution in [0.4, 0.5) is 13.2 Å². The molecule has 2 N–H and O–H groups in total. The van der Waals surface area contributed by atoms with Crippen molar-refractivity contribution in [2.45, 2.75) is 24.6 Å². The van der Waals surface area contributed by atoms with Gasteiger partial charge in [-0.25, -0.2) is 4.79 Å². The Hall–Kier alpha value is -1.53. The first-order chi connectivity index (χ1) is 6.78. The van der Waals surface area contributed by atoms with Crippen LogP contribution in [0.1, 0.15) is 12.8 Å². The number of carbonyl (C=O) groups is 2. The second-order valence-electron chi connectivity index (χ2n) is 3.22. The topological polar surface area (TPSA) is 66.4 Å². The van der Waals surface area contributed by atoms with Crippen LogP contribution in [0.5, 0.6) is 0 Å². The number of carboxylic acid groups (broad SMARTS) is 1. The molecule has 0 aromatic heterocycles. The molecule has 0 bridgehead atoms. The van der Waals surface area contributed by atoms with Crippen molar-refractivity contribution in [2.75, 3.05) is 0 Å². The first kappa shape index (κ1) is 11.5. The minimum atomic E-state index is -5.06. The van der Waals surface area contributed by atoms with Gasteiger partial charge >= 0.3 is 18.1 Å². The van der Waals surface area contributed by atoms with Gasteiger partial charge in [0, 0.05) is 0 Å². The second-order valence-corrected chi connectivity index (χ2v) is 3.22. The number of halogens is 3. The van der Waals surface area contributed by atoms with Crippen molar-refractivity contribution in [1.29, 1.82) is 0 Å². The van der Waals surface area contributed by atoms with Crippen molar-refractivity contribution in [2.24, 2.45) is 0 Å². The molecule has 0 fully saturated rings. The summed E-state index contributed by atoms with van der Waals surface area (Å²) >= 11 is 0. The molecule has 15 heavy (non-hydrogen) atoms. The van der Waals surface area contributed by atoms with Crippen molar-refractivity contribution < 1.29 is 27.9 Å². The van der Waals surface area contributed by atoms with Crippen molar-refractivity contribution in [3.8, 4) is 0 Å². The molecule has 1 aliphatic carbocycles. The van der Waals surface area contributed by atoms with E-state index in [0.29, 0.717) is 0 Å². The van der Waals surface area contributed by atoms with Gasteiger partial charge < -0.3 is 10.4 Å². The Bertz CT molecular complexity index is 314. The average molecular weight is 223 g/mol. The Balaban J connectivity index is 2.78. The molecule has 1 aliphatic rings. The standard InChI is InChI=1S/C8H8F3NO3/c9-8(10,11)5(13)12-7(6(14)15)3-1-2-4-7/h1-2H,3-4H2,(H,12,13)(H,14,15). The summed E-state index contributed by atoms with van der Waals surface area (Å²) in [5.41, 5.74) is -1.84. The minimum Gasteiger partial charge on any atom is -0.479 e. The third-order valence-electron chi connectivity index (χ3n) is 2.12. The summed E-state index contributed by atoms with van der Waals surface area (Å²) in [6.07, 6.45) is -2.49. The lowest BCUT2D eigenvalue weighted by molar-refractivity contribution is -0.177. The summed E-state index contributed by atoms with van der Waals surface area (Å²) in [4.78, 5) is 21.4. The third-order valence-corrected chi connectivity index (χ3v) is 2.12. The maximum Gasteiger partial charge on any atom is 0.471 e. The maximum absolute atomic E-state index is 11.9. The highest BCUT2D eigenvalue weighted by molar-refractivity contribution is 5.90. The molecule has 0 heterocycles. The summed E-state index contributed by atoms with van der Waals surface area (Å²) in [7, 11) is 0. The van der Waals surface area contributed by atoms with Crippen molar-refractivity contribution in [3.05, 3.63) is 12.2 Å². The number of nitrogens with one attached hydrogen (secondary N) is 1. The van der Waals surface area contributed by atoms with Crippen molar-refractivity contribution in [1.82, 2.24) is 5.32 Å². The summed E-state index contributed by atoms with van der Waals surface area (Å²) < 4.78 is 35.7. The van der Waals surface area contributed by atoms with E-state index in [1.165, 1.54) is 17.5 Å². The van der Waals surface area contributed by atoms with E-state index in [9.17, 15) is 22.8 Å². The lowest BCUT2D eigenvalue weighted by Crippen LogP contribution is -2.56. The van der Waals surface area contributed by atoms with Gasteiger partial charge in [-0.2, -0.15) is 13.2 Å². The number of aliphatic carboxylic acids is 1. The lowest BCUT2D eigenvalue weighted by Gasteiger charge is -2.25. The number of hydrogen-bond acceptors (Lipinski definition) is 2. The van der Waals surface area contributed by atoms with Crippen LogP contribution >= 0.6 is 0 Å². The monoisotopic (exact) mass is 223 g/mol. The molecule has 1 amide bonds. The Labute approximate surface area is 82.8 Å². The molecule has 0 unspecified atom stereocenters. The fourth-order valence-electron chi connectivity index (χ4n) is 1.27. The van der Waals surface area contributed by atoms with Crippen LogP contribution < -0.4 is 5.32 Å². The van der Waals surface area contributed by atoms with Crippen LogP contribution in [0.3, 0.4) is 0 Å². The normalized spacial score (nSPS) is 18.9. The van der Waals surface area contributed by atoms with Crippen LogP contribution in [-0.2, 0) is 9.59 Å². The van der Waals surface area contributed by atoms with Gasteiger partial charge in [-0.1, -0.05) is 12.2 Å². The minimum absolute atomic E-state index is 0.135. The van der Waals surface area contributed by atoms with Crippen molar-refractivity contribution in [3.63, 3.8) is 0 Å². The Kier molecular flexibility index (Phi) is 2.74. The molecule has 7 heteroatoms. The van der Waals surface area contributed by atoms with Gasteiger partial charge in [0.2, 0.25) is 0 Å². The first-order valence-corrected chi connectivity index (χ1v) is 4.06. The van der Waals surface area contributed by atoms with Crippen LogP contribution in [0.15, 0.2) is 12.2 Å². The smallest absolute Gasteiger partial charge is 0.471 e. The first-order valence-electron chi connectivity index (χ1n) is 4.06. The van der Waals surface area contributed by atoms with E-state index < -0.39 is 23.6 Å². The van der Waals surface area contributed by atoms with E-state index in [2.05, 4.69) is 0 Å². The predicted molar refractivity (Wildman–Crippen MR) is 42.9 cm³/mol. The van der Waals surface area contributed by atoms with Crippen LogP contribution in [0.25, 0.3) is 0 Å². The zero-order valence-electron chi connectivity index (χ0n) is 7.47. The van der Waals surface area contributed by atoms with Gasteiger partial charge in [0.1, 0.15) is 5.54 Å². The Morgan fingerprint density at radius 2 is 1.73 bits per heavy atom. The summed E-state index contributed by atoms with van der Waals surface area (Å²) in [6, 6.07) is 0. The number of amides is 1.